The molecule has 0 radical (unpaired) electrons. The van der Waals surface area contributed by atoms with Gasteiger partial charge in [-0.3, -0.25) is 10.00 Å². The highest BCUT2D eigenvalue weighted by Crippen LogP contribution is 2.28. The lowest BCUT2D eigenvalue weighted by Crippen LogP contribution is -2.42. The molecule has 2 aliphatic rings. The second-order valence-corrected chi connectivity index (χ2v) is 4.79. The third-order valence-electron chi connectivity index (χ3n) is 3.61. The van der Waals surface area contributed by atoms with Crippen molar-refractivity contribution in [2.24, 2.45) is 5.73 Å². The van der Waals surface area contributed by atoms with Gasteiger partial charge in [0.05, 0.1) is 6.61 Å². The molecule has 17 heavy (non-hydrogen) atoms. The Labute approximate surface area is 101 Å². The van der Waals surface area contributed by atoms with Crippen LogP contribution in [-0.2, 0) is 11.2 Å². The molecule has 1 aromatic rings. The van der Waals surface area contributed by atoms with Gasteiger partial charge < -0.3 is 10.5 Å². The summed E-state index contributed by atoms with van der Waals surface area (Å²) in [5.41, 5.74) is 5.49. The van der Waals surface area contributed by atoms with Gasteiger partial charge in [-0.05, 0) is 25.9 Å². The van der Waals surface area contributed by atoms with Crippen molar-refractivity contribution in [3.8, 4) is 0 Å². The van der Waals surface area contributed by atoms with E-state index < -0.39 is 0 Å². The molecule has 2 aliphatic heterocycles. The minimum Gasteiger partial charge on any atom is -0.367 e. The summed E-state index contributed by atoms with van der Waals surface area (Å²) in [4.78, 5) is 6.93. The number of hydrogen-bond donors (Lipinski definition) is 2. The molecule has 3 heterocycles. The first-order valence-electron chi connectivity index (χ1n) is 6.33. The SMILES string of the molecule is NCCc1nc([C@H]2CN3CCC[C@@H]3CO2)n[nH]1. The van der Waals surface area contributed by atoms with Crippen molar-refractivity contribution in [1.82, 2.24) is 20.1 Å². The molecular formula is C11H19N5O. The van der Waals surface area contributed by atoms with Gasteiger partial charge in [-0.25, -0.2) is 4.98 Å². The number of aromatic nitrogens is 3. The van der Waals surface area contributed by atoms with E-state index in [2.05, 4.69) is 20.1 Å². The van der Waals surface area contributed by atoms with Crippen molar-refractivity contribution < 1.29 is 4.74 Å². The minimum atomic E-state index is 0.0205. The van der Waals surface area contributed by atoms with Gasteiger partial charge in [0, 0.05) is 19.0 Å². The number of nitrogens with two attached hydrogens (primary N) is 1. The molecule has 0 amide bonds. The van der Waals surface area contributed by atoms with E-state index in [0.717, 1.165) is 31.2 Å². The van der Waals surface area contributed by atoms with Gasteiger partial charge >= 0.3 is 0 Å². The van der Waals surface area contributed by atoms with E-state index in [1.165, 1.54) is 19.4 Å². The Morgan fingerprint density at radius 1 is 1.53 bits per heavy atom. The molecular weight excluding hydrogens is 218 g/mol. The van der Waals surface area contributed by atoms with Gasteiger partial charge in [0.25, 0.3) is 0 Å². The molecule has 0 saturated carbocycles. The summed E-state index contributed by atoms with van der Waals surface area (Å²) >= 11 is 0. The Morgan fingerprint density at radius 2 is 2.47 bits per heavy atom. The van der Waals surface area contributed by atoms with E-state index in [0.29, 0.717) is 12.6 Å². The van der Waals surface area contributed by atoms with Crippen LogP contribution in [0, 0.1) is 0 Å². The monoisotopic (exact) mass is 237 g/mol. The quantitative estimate of drug-likeness (QED) is 0.763. The second-order valence-electron chi connectivity index (χ2n) is 4.79. The lowest BCUT2D eigenvalue weighted by molar-refractivity contribution is -0.0540. The Morgan fingerprint density at radius 3 is 3.35 bits per heavy atom. The molecule has 2 fully saturated rings. The van der Waals surface area contributed by atoms with Crippen LogP contribution >= 0.6 is 0 Å². The summed E-state index contributed by atoms with van der Waals surface area (Å²) < 4.78 is 5.85. The van der Waals surface area contributed by atoms with Crippen LogP contribution in [0.5, 0.6) is 0 Å². The smallest absolute Gasteiger partial charge is 0.180 e. The topological polar surface area (TPSA) is 80.1 Å². The molecule has 0 aliphatic carbocycles. The maximum Gasteiger partial charge on any atom is 0.180 e. The van der Waals surface area contributed by atoms with Crippen molar-refractivity contribution in [2.45, 2.75) is 31.4 Å². The van der Waals surface area contributed by atoms with E-state index in [1.807, 2.05) is 0 Å². The van der Waals surface area contributed by atoms with Gasteiger partial charge in [0.15, 0.2) is 5.82 Å². The second kappa shape index (κ2) is 4.72. The zero-order valence-corrected chi connectivity index (χ0v) is 9.93. The van der Waals surface area contributed by atoms with Crippen LogP contribution in [0.25, 0.3) is 0 Å². The van der Waals surface area contributed by atoms with E-state index in [1.54, 1.807) is 0 Å². The van der Waals surface area contributed by atoms with Gasteiger partial charge in [-0.2, -0.15) is 5.10 Å². The lowest BCUT2D eigenvalue weighted by Gasteiger charge is -2.33. The van der Waals surface area contributed by atoms with E-state index >= 15 is 0 Å². The average molecular weight is 237 g/mol. The predicted octanol–water partition coefficient (Wildman–Crippen LogP) is -0.158. The number of nitrogens with one attached hydrogen (secondary N) is 1. The Kier molecular flexibility index (Phi) is 3.09. The molecule has 3 rings (SSSR count). The van der Waals surface area contributed by atoms with Crippen molar-refractivity contribution in [3.05, 3.63) is 11.6 Å². The van der Waals surface area contributed by atoms with Crippen molar-refractivity contribution in [2.75, 3.05) is 26.2 Å². The van der Waals surface area contributed by atoms with E-state index in [9.17, 15) is 0 Å². The number of morpholine rings is 1. The van der Waals surface area contributed by atoms with Gasteiger partial charge in [0.2, 0.25) is 0 Å². The number of rotatable bonds is 3. The predicted molar refractivity (Wildman–Crippen MR) is 62.4 cm³/mol. The molecule has 94 valence electrons. The number of fused-ring (bicyclic) bond motifs is 1. The number of hydrogen-bond acceptors (Lipinski definition) is 5. The fraction of sp³-hybridized carbons (Fsp3) is 0.818. The largest absolute Gasteiger partial charge is 0.367 e. The lowest BCUT2D eigenvalue weighted by atomic mass is 10.2. The molecule has 0 spiro atoms. The van der Waals surface area contributed by atoms with Crippen LogP contribution < -0.4 is 5.73 Å². The highest BCUT2D eigenvalue weighted by Gasteiger charge is 2.34. The number of H-pyrrole nitrogens is 1. The van der Waals surface area contributed by atoms with Crippen molar-refractivity contribution in [3.63, 3.8) is 0 Å². The molecule has 0 aromatic carbocycles. The summed E-state index contributed by atoms with van der Waals surface area (Å²) in [6, 6.07) is 0.619. The summed E-state index contributed by atoms with van der Waals surface area (Å²) in [5.74, 6) is 1.63. The highest BCUT2D eigenvalue weighted by molar-refractivity contribution is 4.99. The molecule has 2 saturated heterocycles. The Bertz CT molecular complexity index is 380. The standard InChI is InChI=1S/C11H19N5O/c12-4-3-10-13-11(15-14-10)9-6-16-5-1-2-8(16)7-17-9/h8-9H,1-7,12H2,(H,13,14,15)/t8-,9-/m1/s1. The van der Waals surface area contributed by atoms with Crippen LogP contribution in [0.1, 0.15) is 30.6 Å². The average Bonchev–Trinajstić information content (AvgIpc) is 2.96. The third-order valence-corrected chi connectivity index (χ3v) is 3.61. The molecule has 0 unspecified atom stereocenters. The zero-order chi connectivity index (χ0) is 11.7. The first-order valence-corrected chi connectivity index (χ1v) is 6.33. The summed E-state index contributed by atoms with van der Waals surface area (Å²) in [6.07, 6.45) is 3.31. The van der Waals surface area contributed by atoms with Crippen LogP contribution in [0.3, 0.4) is 0 Å². The minimum absolute atomic E-state index is 0.0205. The van der Waals surface area contributed by atoms with Crippen molar-refractivity contribution >= 4 is 0 Å². The Balaban J connectivity index is 1.67. The van der Waals surface area contributed by atoms with E-state index in [4.69, 9.17) is 10.5 Å². The van der Waals surface area contributed by atoms with Crippen LogP contribution in [-0.4, -0.2) is 52.4 Å². The maximum atomic E-state index is 5.85. The molecule has 0 bridgehead atoms. The Hall–Kier alpha value is -0.980. The van der Waals surface area contributed by atoms with Gasteiger partial charge in [-0.1, -0.05) is 0 Å². The molecule has 6 heteroatoms. The summed E-state index contributed by atoms with van der Waals surface area (Å²) in [6.45, 7) is 3.51. The fourth-order valence-corrected chi connectivity index (χ4v) is 2.68. The molecule has 2 atom stereocenters. The molecule has 6 nitrogen and oxygen atoms in total. The number of nitrogens with zero attached hydrogens (tertiary/aromatic N) is 3. The third kappa shape index (κ3) is 2.20. The summed E-state index contributed by atoms with van der Waals surface area (Å²) in [7, 11) is 0. The maximum absolute atomic E-state index is 5.85. The zero-order valence-electron chi connectivity index (χ0n) is 9.93. The first-order chi connectivity index (χ1) is 8.36. The van der Waals surface area contributed by atoms with Crippen molar-refractivity contribution in [1.29, 1.82) is 0 Å². The van der Waals surface area contributed by atoms with Crippen LogP contribution in [0.2, 0.25) is 0 Å². The summed E-state index contributed by atoms with van der Waals surface area (Å²) in [5, 5.41) is 7.15. The van der Waals surface area contributed by atoms with E-state index in [-0.39, 0.29) is 6.10 Å². The fourth-order valence-electron chi connectivity index (χ4n) is 2.68. The number of ether oxygens (including phenoxy) is 1. The van der Waals surface area contributed by atoms with Crippen LogP contribution in [0.4, 0.5) is 0 Å². The van der Waals surface area contributed by atoms with Gasteiger partial charge in [-0.15, -0.1) is 0 Å². The number of aromatic amines is 1. The van der Waals surface area contributed by atoms with Gasteiger partial charge in [0.1, 0.15) is 11.9 Å². The first kappa shape index (κ1) is 11.1. The molecule has 1 aromatic heterocycles. The normalized spacial score (nSPS) is 29.5. The highest BCUT2D eigenvalue weighted by atomic mass is 16.5. The van der Waals surface area contributed by atoms with Crippen LogP contribution in [0.15, 0.2) is 0 Å². The molecule has 3 N–H and O–H groups in total.